The van der Waals surface area contributed by atoms with Crippen LogP contribution in [-0.2, 0) is 38.4 Å². The Kier molecular flexibility index (Phi) is 83.0. The molecule has 22 heteroatoms. The number of nitrogens with one attached hydrogen (secondary N) is 8. The molecule has 0 aliphatic carbocycles. The van der Waals surface area contributed by atoms with Crippen LogP contribution in [0.25, 0.3) is 0 Å². The van der Waals surface area contributed by atoms with E-state index in [2.05, 4.69) is 31.9 Å². The maximum Gasteiger partial charge on any atom is 0.337 e. The van der Waals surface area contributed by atoms with Crippen LogP contribution >= 0.6 is 0 Å². The smallest absolute Gasteiger partial charge is 0.337 e. The van der Waals surface area contributed by atoms with Gasteiger partial charge in [0.2, 0.25) is 47.3 Å². The van der Waals surface area contributed by atoms with Gasteiger partial charge in [0.25, 0.3) is 0 Å². The van der Waals surface area contributed by atoms with E-state index in [1.54, 1.807) is 10.6 Å². The summed E-state index contributed by atoms with van der Waals surface area (Å²) in [5.74, 6) is -5.90. The number of carbonyl (C=O) groups is 8. The molecule has 0 fully saturated rings. The molecular formula is C32H88N12O10. The van der Waals surface area contributed by atoms with Gasteiger partial charge in [-0.1, -0.05) is 89.1 Å². The van der Waals surface area contributed by atoms with Crippen molar-refractivity contribution in [2.45, 2.75) is 140 Å². The number of rotatable bonds is 16. The molecule has 0 aromatic carbocycles. The van der Waals surface area contributed by atoms with Gasteiger partial charge in [-0.15, -0.1) is 0 Å². The molecule has 0 spiro atoms. The minimum absolute atomic E-state index is 0. The standard InChI is InChI=1S/C11H22N6O4.C9H18N6O6.12CH4/c1-11(2,16-9(20)3-7(18)14-5-12)17-10(21)4-8(19)15-6-13;10-3-12-5(16)1-7(18)14-9(20,21)15-8(19)2-6(17)13-4-11;;;;;;;;;;;;/h3-6,12-13H2,1-2H3,(H,14,18)(H,15,19)(H,16,20)(H,17,21);20-21H,1-4,10-11H2,(H,12,16)(H,13,17)(H,14,18)(H,15,19);12*1H4. The molecule has 0 aromatic rings. The van der Waals surface area contributed by atoms with Gasteiger partial charge in [0.15, 0.2) is 0 Å². The summed E-state index contributed by atoms with van der Waals surface area (Å²) in [6.45, 7) is 2.52. The van der Waals surface area contributed by atoms with Gasteiger partial charge in [-0.05, 0) is 13.8 Å². The molecule has 0 rings (SSSR count). The van der Waals surface area contributed by atoms with E-state index < -0.39 is 84.6 Å². The van der Waals surface area contributed by atoms with E-state index in [4.69, 9.17) is 22.9 Å². The molecular weight excluding hydrogens is 712 g/mol. The van der Waals surface area contributed by atoms with E-state index in [0.29, 0.717) is 0 Å². The summed E-state index contributed by atoms with van der Waals surface area (Å²) in [5.41, 5.74) is 19.1. The van der Waals surface area contributed by atoms with E-state index in [1.165, 1.54) is 13.8 Å². The van der Waals surface area contributed by atoms with E-state index in [-0.39, 0.29) is 116 Å². The Morgan fingerprint density at radius 3 is 0.704 bits per heavy atom. The summed E-state index contributed by atoms with van der Waals surface area (Å²) < 4.78 is 0. The van der Waals surface area contributed by atoms with Gasteiger partial charge in [0.05, 0.1) is 26.7 Å². The van der Waals surface area contributed by atoms with Crippen LogP contribution in [0, 0.1) is 0 Å². The lowest BCUT2D eigenvalue weighted by Gasteiger charge is -2.27. The number of carbonyl (C=O) groups excluding carboxylic acids is 8. The van der Waals surface area contributed by atoms with Crippen molar-refractivity contribution in [3.05, 3.63) is 0 Å². The zero-order valence-corrected chi connectivity index (χ0v) is 23.1. The molecule has 0 aliphatic rings. The first-order valence-corrected chi connectivity index (χ1v) is 12.0. The van der Waals surface area contributed by atoms with Gasteiger partial charge in [-0.2, -0.15) is 0 Å². The molecule has 0 heterocycles. The average molecular weight is 801 g/mol. The van der Waals surface area contributed by atoms with Crippen molar-refractivity contribution in [2.24, 2.45) is 22.9 Å². The van der Waals surface area contributed by atoms with Gasteiger partial charge in [-0.3, -0.25) is 49.0 Å². The molecule has 0 radical (unpaired) electrons. The first-order valence-electron chi connectivity index (χ1n) is 12.0. The molecule has 54 heavy (non-hydrogen) atoms. The highest BCUT2D eigenvalue weighted by molar-refractivity contribution is 5.99. The van der Waals surface area contributed by atoms with Crippen molar-refractivity contribution in [3.63, 3.8) is 0 Å². The van der Waals surface area contributed by atoms with Crippen LogP contribution in [-0.4, -0.2) is 95.8 Å². The van der Waals surface area contributed by atoms with Crippen molar-refractivity contribution in [1.82, 2.24) is 42.5 Å². The lowest BCUT2D eigenvalue weighted by molar-refractivity contribution is -0.210. The van der Waals surface area contributed by atoms with Gasteiger partial charge in [-0.25, -0.2) is 0 Å². The third kappa shape index (κ3) is 54.3. The quantitative estimate of drug-likeness (QED) is 0.0664. The van der Waals surface area contributed by atoms with Gasteiger partial charge in [0, 0.05) is 0 Å². The fourth-order valence-electron chi connectivity index (χ4n) is 2.61. The second-order valence-electron chi connectivity index (χ2n) is 8.41. The van der Waals surface area contributed by atoms with E-state index >= 15 is 0 Å². The molecule has 0 saturated heterocycles. The summed E-state index contributed by atoms with van der Waals surface area (Å²) in [6, 6.07) is -3.11. The Morgan fingerprint density at radius 1 is 0.370 bits per heavy atom. The molecule has 0 unspecified atom stereocenters. The van der Waals surface area contributed by atoms with Crippen molar-refractivity contribution >= 4 is 47.3 Å². The zero-order valence-electron chi connectivity index (χ0n) is 23.1. The molecule has 8 amide bonds. The lowest BCUT2D eigenvalue weighted by Crippen LogP contribution is -2.61. The van der Waals surface area contributed by atoms with Crippen LogP contribution in [0.1, 0.15) is 129 Å². The summed E-state index contributed by atoms with van der Waals surface area (Å²) in [7, 11) is 0. The second kappa shape index (κ2) is 48.5. The van der Waals surface area contributed by atoms with Crippen LogP contribution in [0.2, 0.25) is 0 Å². The highest BCUT2D eigenvalue weighted by Gasteiger charge is 2.29. The summed E-state index contributed by atoms with van der Waals surface area (Å²) >= 11 is 0. The van der Waals surface area contributed by atoms with E-state index in [9.17, 15) is 48.6 Å². The second-order valence-corrected chi connectivity index (χ2v) is 8.41. The Hall–Kier alpha value is -4.48. The van der Waals surface area contributed by atoms with Gasteiger partial charge >= 0.3 is 6.03 Å². The van der Waals surface area contributed by atoms with E-state index in [0.717, 1.165) is 0 Å². The molecule has 336 valence electrons. The largest absolute Gasteiger partial charge is 0.343 e. The average Bonchev–Trinajstić information content (AvgIpc) is 2.77. The molecule has 0 aromatic heterocycles. The third-order valence-corrected chi connectivity index (χ3v) is 4.01. The fourth-order valence-corrected chi connectivity index (χ4v) is 2.61. The van der Waals surface area contributed by atoms with Crippen LogP contribution in [0.4, 0.5) is 0 Å². The number of amides is 8. The first-order chi connectivity index (χ1) is 19.4. The van der Waals surface area contributed by atoms with Crippen LogP contribution in [0.15, 0.2) is 0 Å². The summed E-state index contributed by atoms with van der Waals surface area (Å²) in [6.07, 6.45) is -2.29. The predicted octanol–water partition coefficient (Wildman–Crippen LogP) is -0.907. The van der Waals surface area contributed by atoms with Crippen molar-refractivity contribution < 1.29 is 48.6 Å². The number of aliphatic hydroxyl groups is 2. The van der Waals surface area contributed by atoms with Crippen LogP contribution in [0.3, 0.4) is 0 Å². The Bertz CT molecular complexity index is 836. The van der Waals surface area contributed by atoms with Gasteiger partial charge < -0.3 is 65.0 Å². The number of nitrogens with two attached hydrogens (primary N) is 4. The Labute approximate surface area is 328 Å². The van der Waals surface area contributed by atoms with E-state index in [1.807, 2.05) is 0 Å². The molecule has 18 N–H and O–H groups in total. The maximum absolute atomic E-state index is 11.6. The zero-order chi connectivity index (χ0) is 32.9. The summed E-state index contributed by atoms with van der Waals surface area (Å²) in [4.78, 5) is 90.1. The highest BCUT2D eigenvalue weighted by Crippen LogP contribution is 1.99. The topological polar surface area (TPSA) is 377 Å². The molecule has 22 nitrogen and oxygen atoms in total. The minimum atomic E-state index is -3.11. The minimum Gasteiger partial charge on any atom is -0.343 e. The monoisotopic (exact) mass is 801 g/mol. The SMILES string of the molecule is C.C.C.C.C.C.C.C.C.C.C.C.CC(C)(NC(=O)CC(=O)NCN)NC(=O)CC(=O)NCN.NCNC(=O)CC(=O)NC(O)(O)NC(=O)CC(=O)NCN. The van der Waals surface area contributed by atoms with Crippen molar-refractivity contribution in [2.75, 3.05) is 26.7 Å². The molecule has 0 saturated carbocycles. The molecule has 0 aliphatic heterocycles. The Balaban J connectivity index is -0.0000000404. The molecule has 0 atom stereocenters. The lowest BCUT2D eigenvalue weighted by atomic mass is 10.2. The fraction of sp³-hybridized carbons (Fsp3) is 0.750. The summed E-state index contributed by atoms with van der Waals surface area (Å²) in [5, 5.41) is 35.4. The van der Waals surface area contributed by atoms with Crippen molar-refractivity contribution in [3.8, 4) is 0 Å². The normalized spacial score (nSPS) is 8.15. The number of hydrogen-bond acceptors (Lipinski definition) is 14. The van der Waals surface area contributed by atoms with Crippen molar-refractivity contribution in [1.29, 1.82) is 0 Å². The van der Waals surface area contributed by atoms with Crippen LogP contribution < -0.4 is 65.5 Å². The molecule has 0 bridgehead atoms. The highest BCUT2D eigenvalue weighted by atomic mass is 16.6. The maximum atomic E-state index is 11.6. The third-order valence-electron chi connectivity index (χ3n) is 4.01. The number of hydrogen-bond donors (Lipinski definition) is 14. The van der Waals surface area contributed by atoms with Gasteiger partial charge in [0.1, 0.15) is 31.3 Å². The van der Waals surface area contributed by atoms with Crippen LogP contribution in [0.5, 0.6) is 0 Å². The first kappa shape index (κ1) is 92.4. The predicted molar refractivity (Wildman–Crippen MR) is 222 cm³/mol. The Morgan fingerprint density at radius 2 is 0.537 bits per heavy atom.